The van der Waals surface area contributed by atoms with Crippen molar-refractivity contribution in [3.8, 4) is 0 Å². The number of carbonyl (C=O) groups is 1. The monoisotopic (exact) mass is 345 g/mol. The van der Waals surface area contributed by atoms with E-state index in [2.05, 4.69) is 40.3 Å². The minimum Gasteiger partial charge on any atom is -0.353 e. The lowest BCUT2D eigenvalue weighted by Gasteiger charge is -2.14. The van der Waals surface area contributed by atoms with Gasteiger partial charge in [-0.25, -0.2) is 0 Å². The van der Waals surface area contributed by atoms with Crippen LogP contribution < -0.4 is 5.32 Å². The van der Waals surface area contributed by atoms with Crippen LogP contribution in [0.15, 0.2) is 59.1 Å². The van der Waals surface area contributed by atoms with Crippen LogP contribution in [0, 0.1) is 0 Å². The number of halogens is 1. The van der Waals surface area contributed by atoms with E-state index in [0.29, 0.717) is 6.42 Å². The van der Waals surface area contributed by atoms with E-state index in [4.69, 9.17) is 0 Å². The Balaban J connectivity index is 1.75. The normalized spacial score (nSPS) is 11.9. The van der Waals surface area contributed by atoms with Gasteiger partial charge in [0.1, 0.15) is 0 Å². The Kier molecular flexibility index (Phi) is 6.00. The molecule has 0 aliphatic carbocycles. The van der Waals surface area contributed by atoms with E-state index in [1.165, 1.54) is 5.56 Å². The van der Waals surface area contributed by atoms with Gasteiger partial charge >= 0.3 is 0 Å². The molecule has 0 aliphatic rings. The molecule has 2 aromatic carbocycles. The zero-order valence-corrected chi connectivity index (χ0v) is 13.8. The number of nitrogens with one attached hydrogen (secondary N) is 1. The number of hydrogen-bond acceptors (Lipinski definition) is 1. The number of hydrogen-bond donors (Lipinski definition) is 1. The largest absolute Gasteiger partial charge is 0.353 e. The van der Waals surface area contributed by atoms with E-state index in [9.17, 15) is 4.79 Å². The van der Waals surface area contributed by atoms with Gasteiger partial charge in [-0.1, -0.05) is 58.4 Å². The standard InChI is InChI=1S/C18H20BrNO/c1-14(7-8-15-9-11-17(19)12-10-15)20-18(21)13-16-5-3-2-4-6-16/h2-6,9-12,14H,7-8,13H2,1H3,(H,20,21). The average Bonchev–Trinajstić information content (AvgIpc) is 2.47. The molecule has 0 spiro atoms. The Morgan fingerprint density at radius 3 is 2.38 bits per heavy atom. The molecule has 0 aromatic heterocycles. The van der Waals surface area contributed by atoms with E-state index in [1.54, 1.807) is 0 Å². The van der Waals surface area contributed by atoms with Gasteiger partial charge in [-0.2, -0.15) is 0 Å². The van der Waals surface area contributed by atoms with Crippen LogP contribution in [-0.2, 0) is 17.6 Å². The summed E-state index contributed by atoms with van der Waals surface area (Å²) in [4.78, 5) is 12.0. The molecule has 3 heteroatoms. The van der Waals surface area contributed by atoms with Crippen LogP contribution in [0.3, 0.4) is 0 Å². The van der Waals surface area contributed by atoms with Crippen LogP contribution in [0.25, 0.3) is 0 Å². The predicted octanol–water partition coefficient (Wildman–Crippen LogP) is 4.13. The number of carbonyl (C=O) groups excluding carboxylic acids is 1. The van der Waals surface area contributed by atoms with Crippen LogP contribution >= 0.6 is 15.9 Å². The minimum absolute atomic E-state index is 0.0875. The lowest BCUT2D eigenvalue weighted by Crippen LogP contribution is -2.34. The smallest absolute Gasteiger partial charge is 0.224 e. The second-order valence-electron chi connectivity index (χ2n) is 5.30. The highest BCUT2D eigenvalue weighted by Gasteiger charge is 2.08. The van der Waals surface area contributed by atoms with Crippen LogP contribution in [-0.4, -0.2) is 11.9 Å². The maximum Gasteiger partial charge on any atom is 0.224 e. The van der Waals surface area contributed by atoms with Crippen molar-refractivity contribution in [1.29, 1.82) is 0 Å². The molecular formula is C18H20BrNO. The fraction of sp³-hybridized carbons (Fsp3) is 0.278. The third kappa shape index (κ3) is 5.72. The first-order valence-corrected chi connectivity index (χ1v) is 8.00. The van der Waals surface area contributed by atoms with Crippen LogP contribution in [0.1, 0.15) is 24.5 Å². The van der Waals surface area contributed by atoms with E-state index >= 15 is 0 Å². The quantitative estimate of drug-likeness (QED) is 0.837. The maximum atomic E-state index is 12.0. The van der Waals surface area contributed by atoms with Gasteiger partial charge in [0.2, 0.25) is 5.91 Å². The van der Waals surface area contributed by atoms with Crippen LogP contribution in [0.5, 0.6) is 0 Å². The van der Waals surface area contributed by atoms with Crippen LogP contribution in [0.2, 0.25) is 0 Å². The summed E-state index contributed by atoms with van der Waals surface area (Å²) in [7, 11) is 0. The lowest BCUT2D eigenvalue weighted by atomic mass is 10.1. The first-order chi connectivity index (χ1) is 10.1. The van der Waals surface area contributed by atoms with Gasteiger partial charge in [-0.05, 0) is 43.0 Å². The highest BCUT2D eigenvalue weighted by molar-refractivity contribution is 9.10. The zero-order chi connectivity index (χ0) is 15.1. The lowest BCUT2D eigenvalue weighted by molar-refractivity contribution is -0.121. The maximum absolute atomic E-state index is 12.0. The Morgan fingerprint density at radius 1 is 1.05 bits per heavy atom. The summed E-state index contributed by atoms with van der Waals surface area (Å²) in [5.74, 6) is 0.0875. The molecule has 2 aromatic rings. The summed E-state index contributed by atoms with van der Waals surface area (Å²) >= 11 is 3.43. The molecule has 1 atom stereocenters. The molecule has 0 saturated heterocycles. The Hall–Kier alpha value is -1.61. The van der Waals surface area contributed by atoms with Crippen molar-refractivity contribution in [3.63, 3.8) is 0 Å². The Bertz CT molecular complexity index is 566. The van der Waals surface area contributed by atoms with Gasteiger partial charge in [0.25, 0.3) is 0 Å². The molecule has 0 aliphatic heterocycles. The number of rotatable bonds is 6. The second-order valence-corrected chi connectivity index (χ2v) is 6.21. The first-order valence-electron chi connectivity index (χ1n) is 7.21. The molecule has 0 radical (unpaired) electrons. The van der Waals surface area contributed by atoms with Gasteiger partial charge in [-0.3, -0.25) is 4.79 Å². The predicted molar refractivity (Wildman–Crippen MR) is 90.2 cm³/mol. The molecule has 1 unspecified atom stereocenters. The van der Waals surface area contributed by atoms with E-state index in [0.717, 1.165) is 22.9 Å². The molecular weight excluding hydrogens is 326 g/mol. The SMILES string of the molecule is CC(CCc1ccc(Br)cc1)NC(=O)Cc1ccccc1. The summed E-state index contributed by atoms with van der Waals surface area (Å²) in [6.07, 6.45) is 2.37. The summed E-state index contributed by atoms with van der Waals surface area (Å²) in [6, 6.07) is 18.3. The third-order valence-electron chi connectivity index (χ3n) is 3.39. The molecule has 0 fully saturated rings. The van der Waals surface area contributed by atoms with Gasteiger partial charge in [-0.15, -0.1) is 0 Å². The third-order valence-corrected chi connectivity index (χ3v) is 3.92. The molecule has 1 amide bonds. The van der Waals surface area contributed by atoms with E-state index < -0.39 is 0 Å². The minimum atomic E-state index is 0.0875. The molecule has 2 nitrogen and oxygen atoms in total. The Morgan fingerprint density at radius 2 is 1.71 bits per heavy atom. The molecule has 0 saturated carbocycles. The molecule has 0 bridgehead atoms. The van der Waals surface area contributed by atoms with Crippen molar-refractivity contribution in [2.75, 3.05) is 0 Å². The van der Waals surface area contributed by atoms with E-state index in [1.807, 2.05) is 42.5 Å². The van der Waals surface area contributed by atoms with Crippen LogP contribution in [0.4, 0.5) is 0 Å². The van der Waals surface area contributed by atoms with Crippen molar-refractivity contribution in [2.24, 2.45) is 0 Å². The summed E-state index contributed by atoms with van der Waals surface area (Å²) < 4.78 is 1.09. The number of aryl methyl sites for hydroxylation is 1. The summed E-state index contributed by atoms with van der Waals surface area (Å²) in [5.41, 5.74) is 2.34. The zero-order valence-electron chi connectivity index (χ0n) is 12.2. The number of benzene rings is 2. The second kappa shape index (κ2) is 7.99. The summed E-state index contributed by atoms with van der Waals surface area (Å²) in [6.45, 7) is 2.06. The van der Waals surface area contributed by atoms with Crippen molar-refractivity contribution >= 4 is 21.8 Å². The average molecular weight is 346 g/mol. The Labute approximate surface area is 134 Å². The summed E-state index contributed by atoms with van der Waals surface area (Å²) in [5, 5.41) is 3.06. The fourth-order valence-corrected chi connectivity index (χ4v) is 2.48. The number of amides is 1. The topological polar surface area (TPSA) is 29.1 Å². The highest BCUT2D eigenvalue weighted by Crippen LogP contribution is 2.12. The first kappa shape index (κ1) is 15.8. The molecule has 21 heavy (non-hydrogen) atoms. The van der Waals surface area contributed by atoms with Crippen molar-refractivity contribution in [1.82, 2.24) is 5.32 Å². The molecule has 110 valence electrons. The van der Waals surface area contributed by atoms with Crippen molar-refractivity contribution in [2.45, 2.75) is 32.2 Å². The van der Waals surface area contributed by atoms with E-state index in [-0.39, 0.29) is 11.9 Å². The van der Waals surface area contributed by atoms with Crippen molar-refractivity contribution in [3.05, 3.63) is 70.2 Å². The fourth-order valence-electron chi connectivity index (χ4n) is 2.21. The van der Waals surface area contributed by atoms with Gasteiger partial charge in [0.15, 0.2) is 0 Å². The van der Waals surface area contributed by atoms with Gasteiger partial charge in [0, 0.05) is 10.5 Å². The van der Waals surface area contributed by atoms with Gasteiger partial charge < -0.3 is 5.32 Å². The molecule has 1 N–H and O–H groups in total. The molecule has 0 heterocycles. The highest BCUT2D eigenvalue weighted by atomic mass is 79.9. The molecule has 2 rings (SSSR count). The van der Waals surface area contributed by atoms with Gasteiger partial charge in [0.05, 0.1) is 6.42 Å². The van der Waals surface area contributed by atoms with Crippen molar-refractivity contribution < 1.29 is 4.79 Å².